The molecule has 4 nitrogen and oxygen atoms in total. The van der Waals surface area contributed by atoms with Crippen molar-refractivity contribution in [2.75, 3.05) is 13.2 Å². The van der Waals surface area contributed by atoms with Crippen LogP contribution in [0.5, 0.6) is 5.75 Å². The van der Waals surface area contributed by atoms with E-state index in [0.29, 0.717) is 19.6 Å². The molecule has 0 atom stereocenters. The van der Waals surface area contributed by atoms with E-state index in [-0.39, 0.29) is 5.91 Å². The molecule has 1 N–H and O–H groups in total. The fourth-order valence-electron chi connectivity index (χ4n) is 1.29. The average molecular weight is 244 g/mol. The summed E-state index contributed by atoms with van der Waals surface area (Å²) in [5.41, 5.74) is 1.04. The zero-order chi connectivity index (χ0) is 13.2. The van der Waals surface area contributed by atoms with Gasteiger partial charge in [-0.1, -0.05) is 24.3 Å². The quantitative estimate of drug-likeness (QED) is 0.780. The van der Waals surface area contributed by atoms with Crippen LogP contribution in [0.25, 0.3) is 6.08 Å². The summed E-state index contributed by atoms with van der Waals surface area (Å²) in [5, 5.41) is 11.1. The van der Waals surface area contributed by atoms with Gasteiger partial charge in [0.2, 0.25) is 5.91 Å². The van der Waals surface area contributed by atoms with Crippen molar-refractivity contribution in [1.82, 2.24) is 5.32 Å². The van der Waals surface area contributed by atoms with Crippen LogP contribution in [-0.2, 0) is 4.79 Å². The summed E-state index contributed by atoms with van der Waals surface area (Å²) in [6.07, 6.45) is 4.19. The number of benzene rings is 1. The number of hydrogen-bond acceptors (Lipinski definition) is 3. The Morgan fingerprint density at radius 3 is 2.78 bits per heavy atom. The molecule has 0 radical (unpaired) electrons. The molecular formula is C14H16N2O2. The van der Waals surface area contributed by atoms with E-state index in [0.717, 1.165) is 11.3 Å². The Bertz CT molecular complexity index is 444. The number of hydrogen-bond donors (Lipinski definition) is 1. The molecule has 0 aromatic heterocycles. The van der Waals surface area contributed by atoms with Crippen LogP contribution < -0.4 is 10.1 Å². The Balaban J connectivity index is 2.40. The lowest BCUT2D eigenvalue weighted by molar-refractivity contribution is -0.118. The first-order valence-corrected chi connectivity index (χ1v) is 5.73. The van der Waals surface area contributed by atoms with Crippen molar-refractivity contribution in [2.24, 2.45) is 0 Å². The van der Waals surface area contributed by atoms with Crippen molar-refractivity contribution >= 4 is 12.0 Å². The van der Waals surface area contributed by atoms with E-state index in [4.69, 9.17) is 10.00 Å². The van der Waals surface area contributed by atoms with E-state index in [1.165, 1.54) is 6.92 Å². The molecule has 0 unspecified atom stereocenters. The van der Waals surface area contributed by atoms with Crippen molar-refractivity contribution in [1.29, 1.82) is 5.26 Å². The highest BCUT2D eigenvalue weighted by Crippen LogP contribution is 2.13. The summed E-state index contributed by atoms with van der Waals surface area (Å²) in [6.45, 7) is 2.42. The number of nitriles is 1. The second-order valence-corrected chi connectivity index (χ2v) is 3.67. The van der Waals surface area contributed by atoms with E-state index >= 15 is 0 Å². The number of amides is 1. The molecule has 0 fully saturated rings. The highest BCUT2D eigenvalue weighted by Gasteiger charge is 1.93. The fourth-order valence-corrected chi connectivity index (χ4v) is 1.29. The minimum absolute atomic E-state index is 0.0408. The van der Waals surface area contributed by atoms with Gasteiger partial charge >= 0.3 is 0 Å². The molecule has 1 amide bonds. The number of rotatable bonds is 6. The molecule has 1 aromatic rings. The lowest BCUT2D eigenvalue weighted by atomic mass is 10.2. The first kappa shape index (κ1) is 13.8. The molecule has 0 aliphatic carbocycles. The van der Waals surface area contributed by atoms with E-state index in [1.54, 1.807) is 0 Å². The van der Waals surface area contributed by atoms with Crippen LogP contribution in [0.3, 0.4) is 0 Å². The fraction of sp³-hybridized carbons (Fsp3) is 0.286. The van der Waals surface area contributed by atoms with Gasteiger partial charge in [0.15, 0.2) is 0 Å². The third kappa shape index (κ3) is 5.71. The monoisotopic (exact) mass is 244 g/mol. The lowest BCUT2D eigenvalue weighted by Crippen LogP contribution is -2.19. The number of carbonyl (C=O) groups is 1. The largest absolute Gasteiger partial charge is 0.493 e. The second kappa shape index (κ2) is 7.91. The summed E-state index contributed by atoms with van der Waals surface area (Å²) >= 11 is 0. The zero-order valence-corrected chi connectivity index (χ0v) is 10.3. The van der Waals surface area contributed by atoms with Crippen molar-refractivity contribution in [3.63, 3.8) is 0 Å². The van der Waals surface area contributed by atoms with Crippen LogP contribution in [-0.4, -0.2) is 19.1 Å². The van der Waals surface area contributed by atoms with Gasteiger partial charge in [-0.3, -0.25) is 4.79 Å². The first-order valence-electron chi connectivity index (χ1n) is 5.73. The number of nitrogens with zero attached hydrogens (tertiary/aromatic N) is 1. The second-order valence-electron chi connectivity index (χ2n) is 3.67. The third-order valence-corrected chi connectivity index (χ3v) is 2.14. The maximum absolute atomic E-state index is 10.6. The first-order chi connectivity index (χ1) is 8.72. The molecular weight excluding hydrogens is 228 g/mol. The molecule has 1 aromatic carbocycles. The van der Waals surface area contributed by atoms with Crippen molar-refractivity contribution < 1.29 is 9.53 Å². The molecule has 0 saturated heterocycles. The number of carbonyl (C=O) groups excluding carboxylic acids is 1. The van der Waals surface area contributed by atoms with E-state index in [1.807, 2.05) is 42.5 Å². The maximum atomic E-state index is 10.6. The molecule has 0 heterocycles. The van der Waals surface area contributed by atoms with Crippen molar-refractivity contribution in [2.45, 2.75) is 13.3 Å². The lowest BCUT2D eigenvalue weighted by Gasteiger charge is -2.03. The van der Waals surface area contributed by atoms with Gasteiger partial charge in [0.25, 0.3) is 0 Å². The van der Waals surface area contributed by atoms with Crippen molar-refractivity contribution in [3.05, 3.63) is 35.9 Å². The molecule has 0 spiro atoms. The number of ether oxygens (including phenoxy) is 1. The highest BCUT2D eigenvalue weighted by molar-refractivity contribution is 5.73. The smallest absolute Gasteiger partial charge is 0.217 e. The minimum atomic E-state index is -0.0408. The van der Waals surface area contributed by atoms with Gasteiger partial charge in [-0.25, -0.2) is 0 Å². The molecule has 0 aliphatic heterocycles. The van der Waals surface area contributed by atoms with E-state index < -0.39 is 0 Å². The Hall–Kier alpha value is -2.28. The van der Waals surface area contributed by atoms with Gasteiger partial charge in [0, 0.05) is 13.5 Å². The van der Waals surface area contributed by atoms with E-state index in [9.17, 15) is 4.79 Å². The van der Waals surface area contributed by atoms with Crippen LogP contribution >= 0.6 is 0 Å². The summed E-state index contributed by atoms with van der Waals surface area (Å²) in [6, 6.07) is 9.58. The van der Waals surface area contributed by atoms with Gasteiger partial charge in [-0.05, 0) is 17.7 Å². The Labute approximate surface area is 107 Å². The van der Waals surface area contributed by atoms with Crippen molar-refractivity contribution in [3.8, 4) is 11.8 Å². The maximum Gasteiger partial charge on any atom is 0.217 e. The van der Waals surface area contributed by atoms with Gasteiger partial charge in [0.05, 0.1) is 12.5 Å². The molecule has 0 aliphatic rings. The third-order valence-electron chi connectivity index (χ3n) is 2.14. The van der Waals surface area contributed by atoms with Gasteiger partial charge < -0.3 is 10.1 Å². The van der Waals surface area contributed by atoms with Crippen LogP contribution in [0.2, 0.25) is 0 Å². The Kier molecular flexibility index (Phi) is 6.05. The Morgan fingerprint density at radius 2 is 2.17 bits per heavy atom. The predicted octanol–water partition coefficient (Wildman–Crippen LogP) is 2.13. The standard InChI is InChI=1S/C14H16N2O2/c1-12(17)16-10-2-4-13-5-7-14(8-6-13)18-11-3-9-15/h2,4-8H,3,10-11H2,1H3,(H,16,17). The number of nitrogens with one attached hydrogen (secondary N) is 1. The summed E-state index contributed by atoms with van der Waals surface area (Å²) < 4.78 is 5.35. The molecule has 0 saturated carbocycles. The molecule has 18 heavy (non-hydrogen) atoms. The van der Waals surface area contributed by atoms with E-state index in [2.05, 4.69) is 5.32 Å². The summed E-state index contributed by atoms with van der Waals surface area (Å²) in [7, 11) is 0. The van der Waals surface area contributed by atoms with Crippen LogP contribution in [0.4, 0.5) is 0 Å². The highest BCUT2D eigenvalue weighted by atomic mass is 16.5. The summed E-state index contributed by atoms with van der Waals surface area (Å²) in [4.78, 5) is 10.6. The topological polar surface area (TPSA) is 62.1 Å². The summed E-state index contributed by atoms with van der Waals surface area (Å²) in [5.74, 6) is 0.713. The average Bonchev–Trinajstić information content (AvgIpc) is 2.36. The van der Waals surface area contributed by atoms with Crippen LogP contribution in [0.15, 0.2) is 30.3 Å². The molecule has 0 bridgehead atoms. The van der Waals surface area contributed by atoms with Gasteiger partial charge in [-0.2, -0.15) is 5.26 Å². The minimum Gasteiger partial charge on any atom is -0.493 e. The molecule has 94 valence electrons. The van der Waals surface area contributed by atoms with Crippen LogP contribution in [0.1, 0.15) is 18.9 Å². The normalized spacial score (nSPS) is 10.0. The van der Waals surface area contributed by atoms with Gasteiger partial charge in [-0.15, -0.1) is 0 Å². The SMILES string of the molecule is CC(=O)NCC=Cc1ccc(OCCC#N)cc1. The molecule has 4 heteroatoms. The predicted molar refractivity (Wildman–Crippen MR) is 69.9 cm³/mol. The zero-order valence-electron chi connectivity index (χ0n) is 10.3. The van der Waals surface area contributed by atoms with Gasteiger partial charge in [0.1, 0.15) is 12.4 Å². The Morgan fingerprint density at radius 1 is 1.44 bits per heavy atom. The molecule has 1 rings (SSSR count). The van der Waals surface area contributed by atoms with Crippen LogP contribution in [0, 0.1) is 11.3 Å².